The van der Waals surface area contributed by atoms with Gasteiger partial charge in [-0.15, -0.1) is 12.1 Å². The van der Waals surface area contributed by atoms with Crippen molar-refractivity contribution in [1.29, 1.82) is 0 Å². The van der Waals surface area contributed by atoms with Crippen LogP contribution in [-0.4, -0.2) is 28.6 Å². The van der Waals surface area contributed by atoms with Gasteiger partial charge in [0.1, 0.15) is 0 Å². The van der Waals surface area contributed by atoms with Crippen LogP contribution in [0.1, 0.15) is 79.1 Å². The molecule has 0 aliphatic heterocycles. The Hall–Kier alpha value is 1.82. The minimum Gasteiger partial charge on any atom is -1.00 e. The third-order valence-corrected chi connectivity index (χ3v) is 8.04. The van der Waals surface area contributed by atoms with Gasteiger partial charge in [-0.2, -0.15) is 0 Å². The van der Waals surface area contributed by atoms with E-state index in [2.05, 4.69) is 67.0 Å². The maximum atomic E-state index is 4.97. The van der Waals surface area contributed by atoms with Gasteiger partial charge in [0, 0.05) is 0 Å². The maximum Gasteiger partial charge on any atom is 4.00 e. The molecule has 172 valence electrons. The van der Waals surface area contributed by atoms with Crippen LogP contribution in [0.25, 0.3) is 9.96 Å². The van der Waals surface area contributed by atoms with Gasteiger partial charge in [0.05, 0.1) is 0 Å². The van der Waals surface area contributed by atoms with Gasteiger partial charge in [-0.25, -0.2) is 0 Å². The first kappa shape index (κ1) is 35.4. The minimum absolute atomic E-state index is 0. The van der Waals surface area contributed by atoms with Gasteiger partial charge in [-0.05, 0) is 36.5 Å². The van der Waals surface area contributed by atoms with Crippen LogP contribution in [-0.2, 0) is 26.2 Å². The molecule has 2 rings (SSSR count). The van der Waals surface area contributed by atoms with E-state index in [-0.39, 0.29) is 51.0 Å². The molecule has 0 spiro atoms. The van der Waals surface area contributed by atoms with E-state index in [9.17, 15) is 0 Å². The Kier molecular flexibility index (Phi) is 17.3. The minimum atomic E-state index is -1.17. The van der Waals surface area contributed by atoms with E-state index in [1.165, 1.54) is 51.4 Å². The van der Waals surface area contributed by atoms with E-state index < -0.39 is 16.5 Å². The number of halogens is 2. The summed E-state index contributed by atoms with van der Waals surface area (Å²) in [6.45, 7) is 23.6. The van der Waals surface area contributed by atoms with Gasteiger partial charge in [-0.3, -0.25) is 0 Å². The molecule has 2 aliphatic carbocycles. The average molecular weight is 559 g/mol. The third kappa shape index (κ3) is 18.0. The number of rotatable bonds is 4. The van der Waals surface area contributed by atoms with Gasteiger partial charge < -0.3 is 34.8 Å². The Bertz CT molecular complexity index is 376. The SMILES string of the molecule is CC1(C)CCC([N-][Si](C)(C)C)CC1.CC1(C)CCC([N-][Si](C)(C)C)CC1.[Cl-].[Cl-].[Zr+4]. The molecule has 0 saturated heterocycles. The molecule has 29 heavy (non-hydrogen) atoms. The number of hydrogen-bond donors (Lipinski definition) is 0. The Labute approximate surface area is 217 Å². The fraction of sp³-hybridized carbons (Fsp3) is 1.00. The zero-order valence-electron chi connectivity index (χ0n) is 21.0. The molecular formula is C22H48Cl2N2Si2Zr. The van der Waals surface area contributed by atoms with Crippen LogP contribution in [0.15, 0.2) is 0 Å². The van der Waals surface area contributed by atoms with Crippen molar-refractivity contribution >= 4 is 16.5 Å². The summed E-state index contributed by atoms with van der Waals surface area (Å²) in [7, 11) is -2.33. The summed E-state index contributed by atoms with van der Waals surface area (Å²) in [4.78, 5) is 9.95. The van der Waals surface area contributed by atoms with E-state index in [1.54, 1.807) is 0 Å². The largest absolute Gasteiger partial charge is 4.00 e. The van der Waals surface area contributed by atoms with Gasteiger partial charge >= 0.3 is 26.2 Å². The summed E-state index contributed by atoms with van der Waals surface area (Å²) >= 11 is 0. The normalized spacial score (nSPS) is 22.1. The average Bonchev–Trinajstić information content (AvgIpc) is 2.42. The first-order valence-corrected chi connectivity index (χ1v) is 17.9. The number of hydrogen-bond acceptors (Lipinski definition) is 0. The molecule has 0 aromatic heterocycles. The van der Waals surface area contributed by atoms with Crippen LogP contribution in [0.3, 0.4) is 0 Å². The summed E-state index contributed by atoms with van der Waals surface area (Å²) in [5, 5.41) is 0. The molecule has 0 radical (unpaired) electrons. The van der Waals surface area contributed by atoms with E-state index >= 15 is 0 Å². The summed E-state index contributed by atoms with van der Waals surface area (Å²) in [6.07, 6.45) is 10.8. The zero-order valence-corrected chi connectivity index (χ0v) is 26.9. The van der Waals surface area contributed by atoms with Crippen molar-refractivity contribution < 1.29 is 51.0 Å². The van der Waals surface area contributed by atoms with Crippen molar-refractivity contribution in [3.8, 4) is 0 Å². The zero-order chi connectivity index (χ0) is 20.2. The molecule has 0 aromatic carbocycles. The van der Waals surface area contributed by atoms with Gasteiger partial charge in [0.15, 0.2) is 0 Å². The number of nitrogens with zero attached hydrogens (tertiary/aromatic N) is 2. The second kappa shape index (κ2) is 14.2. The maximum absolute atomic E-state index is 4.97. The van der Waals surface area contributed by atoms with Crippen LogP contribution < -0.4 is 24.8 Å². The van der Waals surface area contributed by atoms with Crippen molar-refractivity contribution in [2.45, 2.75) is 130 Å². The third-order valence-electron chi connectivity index (χ3n) is 5.76. The summed E-state index contributed by atoms with van der Waals surface area (Å²) < 4.78 is 0. The molecule has 2 fully saturated rings. The summed E-state index contributed by atoms with van der Waals surface area (Å²) in [5.74, 6) is 0. The molecule has 0 heterocycles. The molecule has 0 aromatic rings. The van der Waals surface area contributed by atoms with Crippen LogP contribution in [0, 0.1) is 10.8 Å². The summed E-state index contributed by atoms with van der Waals surface area (Å²) in [5.41, 5.74) is 1.18. The molecule has 2 saturated carbocycles. The topological polar surface area (TPSA) is 28.2 Å². The first-order chi connectivity index (χ1) is 11.6. The van der Waals surface area contributed by atoms with Crippen molar-refractivity contribution in [1.82, 2.24) is 0 Å². The van der Waals surface area contributed by atoms with Crippen LogP contribution >= 0.6 is 0 Å². The molecule has 7 heteroatoms. The van der Waals surface area contributed by atoms with Crippen LogP contribution in [0.2, 0.25) is 39.3 Å². The van der Waals surface area contributed by atoms with E-state index in [4.69, 9.17) is 9.96 Å². The molecule has 2 aliphatic rings. The quantitative estimate of drug-likeness (QED) is 0.474. The Balaban J connectivity index is -0.000000422. The second-order valence-electron chi connectivity index (χ2n) is 12.4. The molecule has 0 amide bonds. The van der Waals surface area contributed by atoms with Gasteiger partial charge in [0.2, 0.25) is 0 Å². The van der Waals surface area contributed by atoms with Crippen molar-refractivity contribution in [3.05, 3.63) is 9.96 Å². The predicted octanol–water partition coefficient (Wildman–Crippen LogP) is 2.33. The first-order valence-electron chi connectivity index (χ1n) is 11.0. The van der Waals surface area contributed by atoms with Crippen LogP contribution in [0.4, 0.5) is 0 Å². The molecule has 0 unspecified atom stereocenters. The standard InChI is InChI=1S/2C11H24NSi.2ClH.Zr/c2*1-11(2)8-6-10(7-9-11)12-13(3,4)5;;;/h2*10H,6-9H2,1-5H3;2*1H;/q2*-1;;;+4/p-2. The fourth-order valence-electron chi connectivity index (χ4n) is 4.12. The monoisotopic (exact) mass is 556 g/mol. The molecule has 0 atom stereocenters. The fourth-order valence-corrected chi connectivity index (χ4v) is 6.83. The second-order valence-corrected chi connectivity index (χ2v) is 21.6. The molecule has 0 bridgehead atoms. The van der Waals surface area contributed by atoms with Gasteiger partial charge in [-0.1, -0.05) is 109 Å². The smallest absolute Gasteiger partial charge is 1.00 e. The van der Waals surface area contributed by atoms with Crippen molar-refractivity contribution in [3.63, 3.8) is 0 Å². The van der Waals surface area contributed by atoms with Crippen LogP contribution in [0.5, 0.6) is 0 Å². The Morgan fingerprint density at radius 3 is 0.931 bits per heavy atom. The van der Waals surface area contributed by atoms with E-state index in [0.717, 1.165) is 0 Å². The van der Waals surface area contributed by atoms with E-state index in [0.29, 0.717) is 22.9 Å². The van der Waals surface area contributed by atoms with E-state index in [1.807, 2.05) is 0 Å². The molecule has 2 nitrogen and oxygen atoms in total. The van der Waals surface area contributed by atoms with Gasteiger partial charge in [0.25, 0.3) is 0 Å². The molecular weight excluding hydrogens is 511 g/mol. The Morgan fingerprint density at radius 1 is 0.552 bits per heavy atom. The van der Waals surface area contributed by atoms with Crippen molar-refractivity contribution in [2.75, 3.05) is 0 Å². The Morgan fingerprint density at radius 2 is 0.759 bits per heavy atom. The van der Waals surface area contributed by atoms with Crippen molar-refractivity contribution in [2.24, 2.45) is 10.8 Å². The summed E-state index contributed by atoms with van der Waals surface area (Å²) in [6, 6.07) is 1.39. The molecule has 0 N–H and O–H groups in total. The predicted molar refractivity (Wildman–Crippen MR) is 125 cm³/mol.